The molecule has 0 aliphatic heterocycles. The van der Waals surface area contributed by atoms with Crippen LogP contribution in [0.1, 0.15) is 24.4 Å². The fourth-order valence-electron chi connectivity index (χ4n) is 1.71. The molecule has 2 N–H and O–H groups in total. The summed E-state index contributed by atoms with van der Waals surface area (Å²) >= 11 is 0. The summed E-state index contributed by atoms with van der Waals surface area (Å²) in [4.78, 5) is 4.14. The topological polar surface area (TPSA) is 80.3 Å². The Bertz CT molecular complexity index is 526. The lowest BCUT2D eigenvalue weighted by Gasteiger charge is -2.12. The van der Waals surface area contributed by atoms with Gasteiger partial charge in [0.15, 0.2) is 0 Å². The van der Waals surface area contributed by atoms with Crippen molar-refractivity contribution in [3.8, 4) is 0 Å². The minimum absolute atomic E-state index is 0.0983. The Hall–Kier alpha value is -1.72. The van der Waals surface area contributed by atoms with Crippen molar-refractivity contribution >= 4 is 11.0 Å². The van der Waals surface area contributed by atoms with Gasteiger partial charge in [0.2, 0.25) is 11.2 Å². The van der Waals surface area contributed by atoms with E-state index in [4.69, 9.17) is 5.11 Å². The van der Waals surface area contributed by atoms with Gasteiger partial charge in [-0.15, -0.1) is 0 Å². The number of rotatable bonds is 2. The third kappa shape index (κ3) is 1.60. The van der Waals surface area contributed by atoms with Crippen molar-refractivity contribution in [2.45, 2.75) is 19.6 Å². The van der Waals surface area contributed by atoms with E-state index < -0.39 is 6.10 Å². The van der Waals surface area contributed by atoms with Gasteiger partial charge in [-0.3, -0.25) is 0 Å². The fourth-order valence-corrected chi connectivity index (χ4v) is 1.71. The Balaban J connectivity index is 2.82. The van der Waals surface area contributed by atoms with E-state index in [1.54, 1.807) is 24.3 Å². The number of hydrogen-bond donors (Lipinski definition) is 2. The molecule has 0 saturated heterocycles. The van der Waals surface area contributed by atoms with Crippen molar-refractivity contribution in [2.75, 3.05) is 0 Å². The molecule has 16 heavy (non-hydrogen) atoms. The molecule has 1 heterocycles. The van der Waals surface area contributed by atoms with E-state index in [1.165, 1.54) is 6.92 Å². The molecule has 0 spiro atoms. The maximum Gasteiger partial charge on any atom is 0.245 e. The Morgan fingerprint density at radius 2 is 2.12 bits per heavy atom. The highest BCUT2D eigenvalue weighted by molar-refractivity contribution is 5.70. The zero-order chi connectivity index (χ0) is 11.7. The summed E-state index contributed by atoms with van der Waals surface area (Å²) in [6.45, 7) is 1.10. The molecule has 0 saturated carbocycles. The normalized spacial score (nSPS) is 12.9. The van der Waals surface area contributed by atoms with Crippen LogP contribution in [0.25, 0.3) is 11.0 Å². The summed E-state index contributed by atoms with van der Waals surface area (Å²) in [5.74, 6) is 0. The van der Waals surface area contributed by atoms with Crippen molar-refractivity contribution < 1.29 is 14.9 Å². The van der Waals surface area contributed by atoms with Gasteiger partial charge in [-0.25, -0.2) is 4.98 Å². The van der Waals surface area contributed by atoms with Gasteiger partial charge in [-0.2, -0.15) is 4.73 Å². The number of aliphatic hydroxyl groups excluding tert-OH is 2. The highest BCUT2D eigenvalue weighted by Crippen LogP contribution is 2.16. The van der Waals surface area contributed by atoms with Crippen molar-refractivity contribution in [3.63, 3.8) is 0 Å². The maximum atomic E-state index is 12.0. The number of aromatic nitrogens is 2. The van der Waals surface area contributed by atoms with Gasteiger partial charge in [0.25, 0.3) is 0 Å². The van der Waals surface area contributed by atoms with E-state index in [0.29, 0.717) is 15.8 Å². The first kappa shape index (κ1) is 10.8. The number of fused-ring (bicyclic) bond motifs is 1. The SMILES string of the molecule is CC(O)c1c(CO)nc2ccccc2[n+]1[O-]. The number of hydrogen-bond acceptors (Lipinski definition) is 4. The van der Waals surface area contributed by atoms with Gasteiger partial charge in [-0.1, -0.05) is 12.1 Å². The average Bonchev–Trinajstić information content (AvgIpc) is 2.28. The Kier molecular flexibility index (Phi) is 2.72. The molecular formula is C11H12N2O3. The monoisotopic (exact) mass is 220 g/mol. The quantitative estimate of drug-likeness (QED) is 0.567. The van der Waals surface area contributed by atoms with E-state index in [-0.39, 0.29) is 18.0 Å². The van der Waals surface area contributed by atoms with E-state index in [2.05, 4.69) is 4.98 Å². The van der Waals surface area contributed by atoms with Crippen molar-refractivity contribution in [1.82, 2.24) is 4.98 Å². The lowest BCUT2D eigenvalue weighted by molar-refractivity contribution is -0.591. The van der Waals surface area contributed by atoms with Crippen LogP contribution < -0.4 is 4.73 Å². The van der Waals surface area contributed by atoms with Gasteiger partial charge in [-0.05, 0) is 13.0 Å². The lowest BCUT2D eigenvalue weighted by Crippen LogP contribution is -2.36. The smallest absolute Gasteiger partial charge is 0.245 e. The number of para-hydroxylation sites is 2. The summed E-state index contributed by atoms with van der Waals surface area (Å²) in [6, 6.07) is 6.80. The number of nitrogens with zero attached hydrogens (tertiary/aromatic N) is 2. The third-order valence-corrected chi connectivity index (χ3v) is 2.42. The second kappa shape index (κ2) is 4.03. The molecule has 1 unspecified atom stereocenters. The van der Waals surface area contributed by atoms with Crippen molar-refractivity contribution in [3.05, 3.63) is 40.9 Å². The largest absolute Gasteiger partial charge is 0.618 e. The third-order valence-electron chi connectivity index (χ3n) is 2.42. The zero-order valence-corrected chi connectivity index (χ0v) is 8.79. The van der Waals surface area contributed by atoms with Crippen LogP contribution in [-0.2, 0) is 6.61 Å². The van der Waals surface area contributed by atoms with Crippen LogP contribution in [0.5, 0.6) is 0 Å². The number of benzene rings is 1. The molecule has 2 aromatic rings. The first-order valence-electron chi connectivity index (χ1n) is 4.95. The second-order valence-electron chi connectivity index (χ2n) is 3.56. The molecule has 5 heteroatoms. The molecule has 0 fully saturated rings. The molecule has 1 atom stereocenters. The average molecular weight is 220 g/mol. The summed E-state index contributed by atoms with van der Waals surface area (Å²) in [6.07, 6.45) is -0.961. The minimum atomic E-state index is -0.961. The predicted octanol–water partition coefficient (Wildman–Crippen LogP) is 0.414. The van der Waals surface area contributed by atoms with Crippen LogP contribution in [0, 0.1) is 5.21 Å². The first-order valence-corrected chi connectivity index (χ1v) is 4.95. The summed E-state index contributed by atoms with van der Waals surface area (Å²) in [5, 5.41) is 30.6. The van der Waals surface area contributed by atoms with Gasteiger partial charge in [0.1, 0.15) is 17.3 Å². The van der Waals surface area contributed by atoms with E-state index in [0.717, 1.165) is 0 Å². The molecule has 0 radical (unpaired) electrons. The Morgan fingerprint density at radius 3 is 2.75 bits per heavy atom. The van der Waals surface area contributed by atoms with Crippen LogP contribution in [-0.4, -0.2) is 15.2 Å². The van der Waals surface area contributed by atoms with Gasteiger partial charge >= 0.3 is 0 Å². The maximum absolute atomic E-state index is 12.0. The fraction of sp³-hybridized carbons (Fsp3) is 0.273. The Labute approximate surface area is 92.2 Å². The molecule has 0 aliphatic rings. The molecule has 5 nitrogen and oxygen atoms in total. The second-order valence-corrected chi connectivity index (χ2v) is 3.56. The van der Waals surface area contributed by atoms with Crippen molar-refractivity contribution in [1.29, 1.82) is 0 Å². The highest BCUT2D eigenvalue weighted by Gasteiger charge is 2.22. The summed E-state index contributed by atoms with van der Waals surface area (Å²) in [5.41, 5.74) is 1.20. The van der Waals surface area contributed by atoms with Crippen LogP contribution in [0.15, 0.2) is 24.3 Å². The molecule has 2 rings (SSSR count). The Morgan fingerprint density at radius 1 is 1.44 bits per heavy atom. The summed E-state index contributed by atoms with van der Waals surface area (Å²) in [7, 11) is 0. The molecule has 1 aromatic heterocycles. The van der Waals surface area contributed by atoms with Crippen LogP contribution in [0.3, 0.4) is 0 Å². The van der Waals surface area contributed by atoms with Crippen LogP contribution in [0.4, 0.5) is 0 Å². The molecule has 1 aromatic carbocycles. The molecule has 0 amide bonds. The minimum Gasteiger partial charge on any atom is -0.618 e. The van der Waals surface area contributed by atoms with Gasteiger partial charge in [0, 0.05) is 6.07 Å². The molecule has 0 aliphatic carbocycles. The molecule has 0 bridgehead atoms. The molecule has 84 valence electrons. The van der Waals surface area contributed by atoms with Crippen LogP contribution >= 0.6 is 0 Å². The van der Waals surface area contributed by atoms with Gasteiger partial charge < -0.3 is 15.4 Å². The van der Waals surface area contributed by atoms with Crippen LogP contribution in [0.2, 0.25) is 0 Å². The summed E-state index contributed by atoms with van der Waals surface area (Å²) < 4.78 is 0.624. The lowest BCUT2D eigenvalue weighted by atomic mass is 10.2. The predicted molar refractivity (Wildman–Crippen MR) is 57.3 cm³/mol. The number of aliphatic hydroxyl groups is 2. The van der Waals surface area contributed by atoms with E-state index in [1.807, 2.05) is 0 Å². The highest BCUT2D eigenvalue weighted by atomic mass is 16.5. The molecular weight excluding hydrogens is 208 g/mol. The van der Waals surface area contributed by atoms with Crippen molar-refractivity contribution in [2.24, 2.45) is 0 Å². The van der Waals surface area contributed by atoms with E-state index >= 15 is 0 Å². The van der Waals surface area contributed by atoms with E-state index in [9.17, 15) is 10.3 Å². The van der Waals surface area contributed by atoms with Gasteiger partial charge in [0.05, 0.1) is 6.61 Å². The standard InChI is InChI=1S/C11H12N2O3/c1-7(15)11-9(6-14)12-8-4-2-3-5-10(8)13(11)16/h2-5,7,14-15H,6H2,1H3. The first-order chi connectivity index (χ1) is 7.65. The zero-order valence-electron chi connectivity index (χ0n) is 8.79.